The van der Waals surface area contributed by atoms with Crippen LogP contribution in [-0.2, 0) is 16.4 Å². The first-order valence-electron chi connectivity index (χ1n) is 6.88. The topological polar surface area (TPSA) is 72.2 Å². The third kappa shape index (κ3) is 3.35. The molecule has 106 valence electrons. The number of rotatable bonds is 5. The first-order valence-corrected chi connectivity index (χ1v) is 8.36. The maximum Gasteiger partial charge on any atom is 0.240 e. The number of aryl methyl sites for hydroxylation is 1. The van der Waals surface area contributed by atoms with Gasteiger partial charge >= 0.3 is 0 Å². The number of hydrogen-bond acceptors (Lipinski definition) is 3. The zero-order valence-electron chi connectivity index (χ0n) is 11.3. The van der Waals surface area contributed by atoms with E-state index in [0.717, 1.165) is 31.2 Å². The molecule has 0 heterocycles. The van der Waals surface area contributed by atoms with E-state index < -0.39 is 10.0 Å². The molecular weight excluding hydrogens is 260 g/mol. The van der Waals surface area contributed by atoms with Crippen molar-refractivity contribution in [1.29, 1.82) is 0 Å². The minimum atomic E-state index is -3.42. The van der Waals surface area contributed by atoms with Gasteiger partial charge in [-0.15, -0.1) is 0 Å². The van der Waals surface area contributed by atoms with Crippen LogP contribution in [0.3, 0.4) is 0 Å². The Bertz CT molecular complexity index is 511. The summed E-state index contributed by atoms with van der Waals surface area (Å²) >= 11 is 0. The van der Waals surface area contributed by atoms with Crippen molar-refractivity contribution in [3.05, 3.63) is 29.8 Å². The van der Waals surface area contributed by atoms with Crippen molar-refractivity contribution < 1.29 is 8.42 Å². The summed E-state index contributed by atoms with van der Waals surface area (Å²) in [6.45, 7) is 2.59. The molecule has 2 atom stereocenters. The Kier molecular flexibility index (Phi) is 4.60. The van der Waals surface area contributed by atoms with Crippen LogP contribution in [0.5, 0.6) is 0 Å². The third-order valence-electron chi connectivity index (χ3n) is 3.91. The van der Waals surface area contributed by atoms with Crippen LogP contribution >= 0.6 is 0 Å². The van der Waals surface area contributed by atoms with E-state index >= 15 is 0 Å². The van der Waals surface area contributed by atoms with Crippen LogP contribution in [0.2, 0.25) is 0 Å². The van der Waals surface area contributed by atoms with E-state index in [2.05, 4.69) is 4.72 Å². The van der Waals surface area contributed by atoms with Gasteiger partial charge in [0.05, 0.1) is 4.90 Å². The first-order chi connectivity index (χ1) is 9.06. The van der Waals surface area contributed by atoms with Gasteiger partial charge < -0.3 is 5.73 Å². The molecule has 0 bridgehead atoms. The maximum atomic E-state index is 12.3. The molecule has 0 radical (unpaired) electrons. The molecule has 19 heavy (non-hydrogen) atoms. The van der Waals surface area contributed by atoms with Gasteiger partial charge in [0.25, 0.3) is 0 Å². The number of benzene rings is 1. The number of nitrogens with one attached hydrogen (secondary N) is 1. The van der Waals surface area contributed by atoms with E-state index in [1.807, 2.05) is 19.1 Å². The van der Waals surface area contributed by atoms with Gasteiger partial charge in [0.15, 0.2) is 0 Å². The van der Waals surface area contributed by atoms with Gasteiger partial charge in [-0.2, -0.15) is 0 Å². The van der Waals surface area contributed by atoms with Crippen LogP contribution in [0.1, 0.15) is 31.7 Å². The zero-order valence-corrected chi connectivity index (χ0v) is 12.1. The molecule has 1 aromatic carbocycles. The second-order valence-electron chi connectivity index (χ2n) is 5.15. The second-order valence-corrected chi connectivity index (χ2v) is 6.87. The molecule has 0 spiro atoms. The van der Waals surface area contributed by atoms with Crippen molar-refractivity contribution in [3.8, 4) is 0 Å². The molecule has 1 aliphatic rings. The Labute approximate surface area is 115 Å². The maximum absolute atomic E-state index is 12.3. The summed E-state index contributed by atoms with van der Waals surface area (Å²) in [7, 11) is -3.42. The summed E-state index contributed by atoms with van der Waals surface area (Å²) in [5, 5.41) is 0. The van der Waals surface area contributed by atoms with E-state index in [0.29, 0.717) is 11.4 Å². The summed E-state index contributed by atoms with van der Waals surface area (Å²) in [6, 6.07) is 7.06. The Balaban J connectivity index is 2.13. The summed E-state index contributed by atoms with van der Waals surface area (Å²) in [6.07, 6.45) is 3.85. The van der Waals surface area contributed by atoms with E-state index in [9.17, 15) is 8.42 Å². The van der Waals surface area contributed by atoms with Crippen molar-refractivity contribution >= 4 is 10.0 Å². The van der Waals surface area contributed by atoms with Gasteiger partial charge in [0.1, 0.15) is 0 Å². The van der Waals surface area contributed by atoms with E-state index in [1.54, 1.807) is 12.1 Å². The lowest BCUT2D eigenvalue weighted by atomic mass is 10.1. The molecule has 2 unspecified atom stereocenters. The fraction of sp³-hybridized carbons (Fsp3) is 0.571. The van der Waals surface area contributed by atoms with Crippen molar-refractivity contribution in [1.82, 2.24) is 4.72 Å². The summed E-state index contributed by atoms with van der Waals surface area (Å²) < 4.78 is 27.4. The second kappa shape index (κ2) is 6.03. The standard InChI is InChI=1S/C14H22N2O2S/c1-2-11-6-8-13(9-7-11)19(17,18)16-14-5-3-4-12(14)10-15/h6-9,12,14,16H,2-5,10,15H2,1H3. The van der Waals surface area contributed by atoms with E-state index in [-0.39, 0.29) is 12.0 Å². The molecule has 1 aliphatic carbocycles. The highest BCUT2D eigenvalue weighted by molar-refractivity contribution is 7.89. The predicted molar refractivity (Wildman–Crippen MR) is 76.3 cm³/mol. The molecule has 0 aromatic heterocycles. The van der Waals surface area contributed by atoms with Crippen LogP contribution < -0.4 is 10.5 Å². The lowest BCUT2D eigenvalue weighted by Crippen LogP contribution is -2.39. The van der Waals surface area contributed by atoms with Crippen molar-refractivity contribution in [2.45, 2.75) is 43.5 Å². The summed E-state index contributed by atoms with van der Waals surface area (Å²) in [5.41, 5.74) is 6.82. The number of sulfonamides is 1. The molecule has 0 saturated heterocycles. The molecular formula is C14H22N2O2S. The summed E-state index contributed by atoms with van der Waals surface area (Å²) in [5.74, 6) is 0.268. The molecule has 2 rings (SSSR count). The van der Waals surface area contributed by atoms with Crippen molar-refractivity contribution in [2.75, 3.05) is 6.54 Å². The normalized spacial score (nSPS) is 23.7. The lowest BCUT2D eigenvalue weighted by molar-refractivity contribution is 0.453. The number of nitrogens with two attached hydrogens (primary N) is 1. The van der Waals surface area contributed by atoms with Crippen molar-refractivity contribution in [3.63, 3.8) is 0 Å². The zero-order chi connectivity index (χ0) is 13.9. The fourth-order valence-corrected chi connectivity index (χ4v) is 3.99. The molecule has 1 aromatic rings. The van der Waals surface area contributed by atoms with Crippen LogP contribution in [0.25, 0.3) is 0 Å². The fourth-order valence-electron chi connectivity index (χ4n) is 2.65. The molecule has 5 heteroatoms. The predicted octanol–water partition coefficient (Wildman–Crippen LogP) is 1.65. The Hall–Kier alpha value is -0.910. The SMILES string of the molecule is CCc1ccc(S(=O)(=O)NC2CCCC2CN)cc1. The molecule has 0 aliphatic heterocycles. The quantitative estimate of drug-likeness (QED) is 0.862. The molecule has 1 fully saturated rings. The van der Waals surface area contributed by atoms with Gasteiger partial charge in [-0.05, 0) is 49.4 Å². The monoisotopic (exact) mass is 282 g/mol. The first kappa shape index (κ1) is 14.5. The highest BCUT2D eigenvalue weighted by Gasteiger charge is 2.30. The molecule has 1 saturated carbocycles. The third-order valence-corrected chi connectivity index (χ3v) is 5.42. The van der Waals surface area contributed by atoms with Gasteiger partial charge in [-0.25, -0.2) is 13.1 Å². The lowest BCUT2D eigenvalue weighted by Gasteiger charge is -2.19. The van der Waals surface area contributed by atoms with Crippen molar-refractivity contribution in [2.24, 2.45) is 11.7 Å². The molecule has 4 nitrogen and oxygen atoms in total. The van der Waals surface area contributed by atoms with Crippen LogP contribution in [-0.4, -0.2) is 21.0 Å². The van der Waals surface area contributed by atoms with Crippen LogP contribution in [0, 0.1) is 5.92 Å². The molecule has 3 N–H and O–H groups in total. The Morgan fingerprint density at radius 3 is 2.53 bits per heavy atom. The van der Waals surface area contributed by atoms with Crippen LogP contribution in [0.4, 0.5) is 0 Å². The molecule has 0 amide bonds. The van der Waals surface area contributed by atoms with E-state index in [1.165, 1.54) is 0 Å². The van der Waals surface area contributed by atoms with Gasteiger partial charge in [0, 0.05) is 6.04 Å². The van der Waals surface area contributed by atoms with Crippen LogP contribution in [0.15, 0.2) is 29.2 Å². The summed E-state index contributed by atoms with van der Waals surface area (Å²) in [4.78, 5) is 0.340. The highest BCUT2D eigenvalue weighted by Crippen LogP contribution is 2.26. The largest absolute Gasteiger partial charge is 0.330 e. The average molecular weight is 282 g/mol. The van der Waals surface area contributed by atoms with Gasteiger partial charge in [-0.3, -0.25) is 0 Å². The minimum absolute atomic E-state index is 0.0131. The highest BCUT2D eigenvalue weighted by atomic mass is 32.2. The minimum Gasteiger partial charge on any atom is -0.330 e. The van der Waals surface area contributed by atoms with Gasteiger partial charge in [-0.1, -0.05) is 25.5 Å². The smallest absolute Gasteiger partial charge is 0.240 e. The average Bonchev–Trinajstić information content (AvgIpc) is 2.85. The Morgan fingerprint density at radius 2 is 1.95 bits per heavy atom. The van der Waals surface area contributed by atoms with E-state index in [4.69, 9.17) is 5.73 Å². The number of hydrogen-bond donors (Lipinski definition) is 2. The van der Waals surface area contributed by atoms with Gasteiger partial charge in [0.2, 0.25) is 10.0 Å². The Morgan fingerprint density at radius 1 is 1.26 bits per heavy atom.